The zero-order valence-corrected chi connectivity index (χ0v) is 11.7. The van der Waals surface area contributed by atoms with Crippen LogP contribution in [-0.4, -0.2) is 14.9 Å². The average molecular weight is 214 g/mol. The molecule has 0 saturated heterocycles. The summed E-state index contributed by atoms with van der Waals surface area (Å²) in [6.07, 6.45) is 6.76. The molecule has 0 N–H and O–H groups in total. The van der Waals surface area contributed by atoms with E-state index in [4.69, 9.17) is 4.43 Å². The van der Waals surface area contributed by atoms with E-state index in [0.717, 1.165) is 6.61 Å². The average Bonchev–Trinajstić information content (AvgIpc) is 2.02. The minimum atomic E-state index is -1.52. The fraction of sp³-hybridized carbons (Fsp3) is 0.833. The molecule has 0 heterocycles. The number of unbranched alkanes of at least 4 members (excludes halogenated alkanes) is 1. The first kappa shape index (κ1) is 13.9. The molecule has 0 aromatic carbocycles. The Labute approximate surface area is 90.7 Å². The van der Waals surface area contributed by atoms with Gasteiger partial charge in [-0.3, -0.25) is 0 Å². The maximum Gasteiger partial charge on any atom is 0.192 e. The molecule has 0 rings (SSSR count). The van der Waals surface area contributed by atoms with E-state index in [2.05, 4.69) is 52.9 Å². The van der Waals surface area contributed by atoms with E-state index in [9.17, 15) is 0 Å². The van der Waals surface area contributed by atoms with Crippen LogP contribution in [0.4, 0.5) is 0 Å². The quantitative estimate of drug-likeness (QED) is 0.488. The highest BCUT2D eigenvalue weighted by Crippen LogP contribution is 2.36. The van der Waals surface area contributed by atoms with Gasteiger partial charge in [-0.1, -0.05) is 46.3 Å². The van der Waals surface area contributed by atoms with Gasteiger partial charge < -0.3 is 4.43 Å². The number of hydrogen-bond acceptors (Lipinski definition) is 1. The SMILES string of the molecule is CCC/C=C/CO[Si](C)(C)C(C)(C)C. The third-order valence-electron chi connectivity index (χ3n) is 2.97. The molecule has 0 unspecified atom stereocenters. The highest BCUT2D eigenvalue weighted by atomic mass is 28.4. The van der Waals surface area contributed by atoms with Crippen LogP contribution < -0.4 is 0 Å². The normalized spacial score (nSPS) is 13.9. The van der Waals surface area contributed by atoms with E-state index >= 15 is 0 Å². The fourth-order valence-corrected chi connectivity index (χ4v) is 1.77. The predicted octanol–water partition coefficient (Wildman–Crippen LogP) is 4.36. The van der Waals surface area contributed by atoms with E-state index in [1.807, 2.05) is 0 Å². The smallest absolute Gasteiger partial charge is 0.192 e. The third kappa shape index (κ3) is 4.96. The van der Waals surface area contributed by atoms with Crippen molar-refractivity contribution in [1.29, 1.82) is 0 Å². The Kier molecular flexibility index (Phi) is 5.68. The Morgan fingerprint density at radius 2 is 1.71 bits per heavy atom. The monoisotopic (exact) mass is 214 g/mol. The molecular weight excluding hydrogens is 188 g/mol. The summed E-state index contributed by atoms with van der Waals surface area (Å²) in [7, 11) is -1.52. The molecule has 0 aliphatic heterocycles. The molecule has 0 saturated carbocycles. The molecule has 0 aromatic heterocycles. The van der Waals surface area contributed by atoms with Crippen molar-refractivity contribution in [2.24, 2.45) is 0 Å². The lowest BCUT2D eigenvalue weighted by atomic mass is 10.2. The molecule has 0 aliphatic rings. The molecule has 2 heteroatoms. The number of hydrogen-bond donors (Lipinski definition) is 0. The summed E-state index contributed by atoms with van der Waals surface area (Å²) in [5.74, 6) is 0. The van der Waals surface area contributed by atoms with Crippen LogP contribution in [0.3, 0.4) is 0 Å². The molecule has 14 heavy (non-hydrogen) atoms. The van der Waals surface area contributed by atoms with Crippen LogP contribution in [0, 0.1) is 0 Å². The van der Waals surface area contributed by atoms with Crippen LogP contribution in [0.15, 0.2) is 12.2 Å². The Bertz CT molecular complexity index is 177. The van der Waals surface area contributed by atoms with Crippen molar-refractivity contribution >= 4 is 8.32 Å². The summed E-state index contributed by atoms with van der Waals surface area (Å²) >= 11 is 0. The summed E-state index contributed by atoms with van der Waals surface area (Å²) in [5.41, 5.74) is 0. The van der Waals surface area contributed by atoms with Gasteiger partial charge in [-0.2, -0.15) is 0 Å². The third-order valence-corrected chi connectivity index (χ3v) is 7.47. The van der Waals surface area contributed by atoms with Gasteiger partial charge in [0, 0.05) is 0 Å². The predicted molar refractivity (Wildman–Crippen MR) is 67.2 cm³/mol. The van der Waals surface area contributed by atoms with Crippen LogP contribution in [0.2, 0.25) is 18.1 Å². The van der Waals surface area contributed by atoms with E-state index in [1.54, 1.807) is 0 Å². The Morgan fingerprint density at radius 1 is 1.14 bits per heavy atom. The number of rotatable bonds is 5. The van der Waals surface area contributed by atoms with Crippen molar-refractivity contribution in [3.63, 3.8) is 0 Å². The molecular formula is C12H26OSi. The standard InChI is InChI=1S/C12H26OSi/c1-7-8-9-10-11-13-14(5,6)12(2,3)4/h9-10H,7-8,11H2,1-6H3/b10-9+. The maximum atomic E-state index is 5.99. The van der Waals surface area contributed by atoms with E-state index < -0.39 is 8.32 Å². The lowest BCUT2D eigenvalue weighted by Gasteiger charge is -2.35. The summed E-state index contributed by atoms with van der Waals surface area (Å²) in [5, 5.41) is 0.325. The molecule has 0 bridgehead atoms. The first-order valence-corrected chi connectivity index (χ1v) is 8.51. The highest BCUT2D eigenvalue weighted by molar-refractivity contribution is 6.74. The first-order chi connectivity index (χ1) is 6.31. The highest BCUT2D eigenvalue weighted by Gasteiger charge is 2.36. The topological polar surface area (TPSA) is 9.23 Å². The van der Waals surface area contributed by atoms with Crippen LogP contribution in [0.25, 0.3) is 0 Å². The largest absolute Gasteiger partial charge is 0.413 e. The zero-order chi connectivity index (χ0) is 11.2. The van der Waals surface area contributed by atoms with Crippen molar-refractivity contribution in [2.75, 3.05) is 6.61 Å². The minimum Gasteiger partial charge on any atom is -0.413 e. The molecule has 0 atom stereocenters. The Morgan fingerprint density at radius 3 is 2.14 bits per heavy atom. The minimum absolute atomic E-state index is 0.325. The van der Waals surface area contributed by atoms with Gasteiger partial charge in [-0.25, -0.2) is 0 Å². The summed E-state index contributed by atoms with van der Waals surface area (Å²) < 4.78 is 5.99. The number of allylic oxidation sites excluding steroid dienone is 1. The second-order valence-corrected chi connectivity index (χ2v) is 10.1. The van der Waals surface area contributed by atoms with Crippen molar-refractivity contribution in [3.05, 3.63) is 12.2 Å². The summed E-state index contributed by atoms with van der Waals surface area (Å²) in [6.45, 7) is 14.4. The lowest BCUT2D eigenvalue weighted by molar-refractivity contribution is 0.327. The van der Waals surface area contributed by atoms with Crippen molar-refractivity contribution in [2.45, 2.75) is 58.7 Å². The van der Waals surface area contributed by atoms with Crippen molar-refractivity contribution < 1.29 is 4.43 Å². The molecule has 0 fully saturated rings. The van der Waals surface area contributed by atoms with Gasteiger partial charge in [-0.05, 0) is 24.6 Å². The van der Waals surface area contributed by atoms with Crippen LogP contribution >= 0.6 is 0 Å². The zero-order valence-electron chi connectivity index (χ0n) is 10.7. The molecule has 0 aromatic rings. The molecule has 0 amide bonds. The Balaban J connectivity index is 3.89. The van der Waals surface area contributed by atoms with Gasteiger partial charge >= 0.3 is 0 Å². The van der Waals surface area contributed by atoms with E-state index in [1.165, 1.54) is 12.8 Å². The van der Waals surface area contributed by atoms with Gasteiger partial charge in [0.05, 0.1) is 6.61 Å². The second kappa shape index (κ2) is 5.71. The fourth-order valence-electron chi connectivity index (χ4n) is 0.826. The van der Waals surface area contributed by atoms with Crippen molar-refractivity contribution in [1.82, 2.24) is 0 Å². The summed E-state index contributed by atoms with van der Waals surface area (Å²) in [6, 6.07) is 0. The van der Waals surface area contributed by atoms with Gasteiger partial charge in [-0.15, -0.1) is 0 Å². The van der Waals surface area contributed by atoms with Crippen molar-refractivity contribution in [3.8, 4) is 0 Å². The molecule has 0 spiro atoms. The van der Waals surface area contributed by atoms with Gasteiger partial charge in [0.1, 0.15) is 0 Å². The van der Waals surface area contributed by atoms with E-state index in [-0.39, 0.29) is 0 Å². The van der Waals surface area contributed by atoms with Gasteiger partial charge in [0.2, 0.25) is 0 Å². The van der Waals surface area contributed by atoms with Crippen LogP contribution in [0.1, 0.15) is 40.5 Å². The van der Waals surface area contributed by atoms with Crippen LogP contribution in [0.5, 0.6) is 0 Å². The molecule has 1 nitrogen and oxygen atoms in total. The lowest BCUT2D eigenvalue weighted by Crippen LogP contribution is -2.40. The first-order valence-electron chi connectivity index (χ1n) is 5.60. The van der Waals surface area contributed by atoms with E-state index in [0.29, 0.717) is 5.04 Å². The second-order valence-electron chi connectivity index (χ2n) is 5.33. The van der Waals surface area contributed by atoms with Crippen LogP contribution in [-0.2, 0) is 4.43 Å². The van der Waals surface area contributed by atoms with Gasteiger partial charge in [0.25, 0.3) is 0 Å². The molecule has 0 aliphatic carbocycles. The maximum absolute atomic E-state index is 5.99. The Hall–Kier alpha value is -0.0831. The van der Waals surface area contributed by atoms with Gasteiger partial charge in [0.15, 0.2) is 8.32 Å². The molecule has 84 valence electrons. The molecule has 0 radical (unpaired) electrons. The summed E-state index contributed by atoms with van der Waals surface area (Å²) in [4.78, 5) is 0.